The summed E-state index contributed by atoms with van der Waals surface area (Å²) in [5.74, 6) is 0. The van der Waals surface area contributed by atoms with Crippen molar-refractivity contribution < 1.29 is 13.9 Å². The zero-order chi connectivity index (χ0) is 10.0. The minimum absolute atomic E-state index is 0.0802. The first-order valence-corrected chi connectivity index (χ1v) is 4.13. The number of aryl methyl sites for hydroxylation is 1. The minimum Gasteiger partial charge on any atom is -0.382 e. The van der Waals surface area contributed by atoms with E-state index < -0.39 is 12.5 Å². The molecule has 1 N–H and O–H groups in total. The normalized spacial score (nSPS) is 13.4. The first-order chi connectivity index (χ1) is 6.04. The van der Waals surface area contributed by atoms with Crippen LogP contribution in [0.25, 0.3) is 0 Å². The van der Waals surface area contributed by atoms with Gasteiger partial charge < -0.3 is 5.11 Å². The molecule has 13 heavy (non-hydrogen) atoms. The topological polar surface area (TPSA) is 20.2 Å². The second kappa shape index (κ2) is 4.03. The molecule has 1 rings (SSSR count). The van der Waals surface area contributed by atoms with E-state index in [2.05, 4.69) is 0 Å². The van der Waals surface area contributed by atoms with Gasteiger partial charge in [-0.15, -0.1) is 0 Å². The van der Waals surface area contributed by atoms with Gasteiger partial charge in [0.15, 0.2) is 0 Å². The van der Waals surface area contributed by atoms with Crippen LogP contribution in [0.15, 0.2) is 18.2 Å². The molecule has 0 radical (unpaired) electrons. The smallest absolute Gasteiger partial charge is 0.268 e. The van der Waals surface area contributed by atoms with Crippen LogP contribution in [-0.4, -0.2) is 11.5 Å². The lowest BCUT2D eigenvalue weighted by Crippen LogP contribution is -2.08. The minimum atomic E-state index is -2.81. The maximum absolute atomic E-state index is 12.1. The standard InChI is InChI=1S/C9H9ClF2O/c1-5-3-2-4-6(7(5)10)8(13)9(11)12/h2-4,8-9,13H,1H3. The van der Waals surface area contributed by atoms with Crippen molar-refractivity contribution in [3.63, 3.8) is 0 Å². The molecule has 1 aromatic rings. The summed E-state index contributed by atoms with van der Waals surface area (Å²) in [6.07, 6.45) is -4.60. The van der Waals surface area contributed by atoms with Gasteiger partial charge in [0.2, 0.25) is 0 Å². The maximum Gasteiger partial charge on any atom is 0.268 e. The molecule has 0 spiro atoms. The molecule has 0 aliphatic carbocycles. The number of rotatable bonds is 2. The Morgan fingerprint density at radius 1 is 1.38 bits per heavy atom. The van der Waals surface area contributed by atoms with Crippen LogP contribution in [-0.2, 0) is 0 Å². The Morgan fingerprint density at radius 2 is 2.00 bits per heavy atom. The lowest BCUT2D eigenvalue weighted by molar-refractivity contribution is -0.00574. The van der Waals surface area contributed by atoms with Crippen LogP contribution in [0.4, 0.5) is 8.78 Å². The molecule has 72 valence electrons. The number of alkyl halides is 2. The number of hydrogen-bond acceptors (Lipinski definition) is 1. The quantitative estimate of drug-likeness (QED) is 0.789. The highest BCUT2D eigenvalue weighted by Crippen LogP contribution is 2.29. The van der Waals surface area contributed by atoms with E-state index in [0.29, 0.717) is 5.56 Å². The molecule has 0 aliphatic rings. The van der Waals surface area contributed by atoms with Crippen molar-refractivity contribution in [1.82, 2.24) is 0 Å². The lowest BCUT2D eigenvalue weighted by atomic mass is 10.1. The zero-order valence-corrected chi connectivity index (χ0v) is 7.72. The average molecular weight is 207 g/mol. The summed E-state index contributed by atoms with van der Waals surface area (Å²) in [6, 6.07) is 4.68. The lowest BCUT2D eigenvalue weighted by Gasteiger charge is -2.12. The third-order valence-corrected chi connectivity index (χ3v) is 2.30. The van der Waals surface area contributed by atoms with E-state index >= 15 is 0 Å². The van der Waals surface area contributed by atoms with Crippen molar-refractivity contribution in [2.75, 3.05) is 0 Å². The summed E-state index contributed by atoms with van der Waals surface area (Å²) in [5.41, 5.74) is 0.760. The van der Waals surface area contributed by atoms with E-state index in [0.717, 1.165) is 0 Å². The average Bonchev–Trinajstić information content (AvgIpc) is 2.08. The van der Waals surface area contributed by atoms with E-state index in [1.807, 2.05) is 0 Å². The second-order valence-corrected chi connectivity index (χ2v) is 3.14. The zero-order valence-electron chi connectivity index (χ0n) is 6.97. The first-order valence-electron chi connectivity index (χ1n) is 3.75. The van der Waals surface area contributed by atoms with Gasteiger partial charge in [0.05, 0.1) is 0 Å². The second-order valence-electron chi connectivity index (χ2n) is 2.76. The molecule has 1 atom stereocenters. The third kappa shape index (κ3) is 2.17. The van der Waals surface area contributed by atoms with Gasteiger partial charge in [-0.2, -0.15) is 0 Å². The van der Waals surface area contributed by atoms with Gasteiger partial charge in [-0.1, -0.05) is 29.8 Å². The van der Waals surface area contributed by atoms with Crippen LogP contribution >= 0.6 is 11.6 Å². The molecule has 1 unspecified atom stereocenters. The molecule has 4 heteroatoms. The highest BCUT2D eigenvalue weighted by atomic mass is 35.5. The highest BCUT2D eigenvalue weighted by Gasteiger charge is 2.21. The van der Waals surface area contributed by atoms with E-state index in [9.17, 15) is 8.78 Å². The van der Waals surface area contributed by atoms with Crippen LogP contribution < -0.4 is 0 Å². The van der Waals surface area contributed by atoms with Gasteiger partial charge in [0, 0.05) is 10.6 Å². The van der Waals surface area contributed by atoms with Gasteiger partial charge >= 0.3 is 0 Å². The van der Waals surface area contributed by atoms with Crippen molar-refractivity contribution in [1.29, 1.82) is 0 Å². The Labute approximate surface area is 80.0 Å². The maximum atomic E-state index is 12.1. The van der Waals surface area contributed by atoms with Crippen LogP contribution in [0.5, 0.6) is 0 Å². The van der Waals surface area contributed by atoms with E-state index in [4.69, 9.17) is 16.7 Å². The largest absolute Gasteiger partial charge is 0.382 e. The molecule has 0 heterocycles. The Hall–Kier alpha value is -0.670. The molecule has 0 aliphatic heterocycles. The molecule has 0 amide bonds. The van der Waals surface area contributed by atoms with Crippen molar-refractivity contribution in [3.05, 3.63) is 34.3 Å². The number of hydrogen-bond donors (Lipinski definition) is 1. The van der Waals surface area contributed by atoms with E-state index in [-0.39, 0.29) is 10.6 Å². The summed E-state index contributed by atoms with van der Waals surface area (Å²) in [4.78, 5) is 0. The van der Waals surface area contributed by atoms with Crippen LogP contribution in [0.2, 0.25) is 5.02 Å². The van der Waals surface area contributed by atoms with E-state index in [1.54, 1.807) is 19.1 Å². The summed E-state index contributed by atoms with van der Waals surface area (Å²) in [6.45, 7) is 1.70. The molecular weight excluding hydrogens is 198 g/mol. The third-order valence-electron chi connectivity index (χ3n) is 1.78. The van der Waals surface area contributed by atoms with Gasteiger partial charge in [0.1, 0.15) is 6.10 Å². The molecule has 0 fully saturated rings. The molecule has 0 bridgehead atoms. The van der Waals surface area contributed by atoms with Crippen molar-refractivity contribution >= 4 is 11.6 Å². The van der Waals surface area contributed by atoms with Gasteiger partial charge in [-0.05, 0) is 12.5 Å². The number of aliphatic hydroxyl groups excluding tert-OH is 1. The highest BCUT2D eigenvalue weighted by molar-refractivity contribution is 6.32. The summed E-state index contributed by atoms with van der Waals surface area (Å²) in [5, 5.41) is 9.27. The Bertz CT molecular complexity index is 302. The van der Waals surface area contributed by atoms with E-state index in [1.165, 1.54) is 6.07 Å². The SMILES string of the molecule is Cc1cccc(C(O)C(F)F)c1Cl. The van der Waals surface area contributed by atoms with Gasteiger partial charge in [-0.25, -0.2) is 8.78 Å². The molecule has 0 aromatic heterocycles. The van der Waals surface area contributed by atoms with Gasteiger partial charge in [-0.3, -0.25) is 0 Å². The molecule has 1 nitrogen and oxygen atoms in total. The van der Waals surface area contributed by atoms with Crippen molar-refractivity contribution in [3.8, 4) is 0 Å². The Balaban J connectivity index is 3.07. The summed E-state index contributed by atoms with van der Waals surface area (Å²) >= 11 is 5.74. The predicted octanol–water partition coefficient (Wildman–Crippen LogP) is 2.95. The number of aliphatic hydroxyl groups is 1. The van der Waals surface area contributed by atoms with Crippen LogP contribution in [0.1, 0.15) is 17.2 Å². The summed E-state index contributed by atoms with van der Waals surface area (Å²) < 4.78 is 24.2. The molecule has 0 saturated carbocycles. The fraction of sp³-hybridized carbons (Fsp3) is 0.333. The monoisotopic (exact) mass is 206 g/mol. The van der Waals surface area contributed by atoms with Crippen molar-refractivity contribution in [2.45, 2.75) is 19.5 Å². The Kier molecular flexibility index (Phi) is 3.22. The van der Waals surface area contributed by atoms with Crippen LogP contribution in [0.3, 0.4) is 0 Å². The number of halogens is 3. The van der Waals surface area contributed by atoms with Crippen LogP contribution in [0, 0.1) is 6.92 Å². The predicted molar refractivity (Wildman–Crippen MR) is 47.2 cm³/mol. The molecule has 1 aromatic carbocycles. The summed E-state index contributed by atoms with van der Waals surface area (Å²) in [7, 11) is 0. The Morgan fingerprint density at radius 3 is 2.54 bits per heavy atom. The number of benzene rings is 1. The fourth-order valence-electron chi connectivity index (χ4n) is 1.03. The van der Waals surface area contributed by atoms with Gasteiger partial charge in [0.25, 0.3) is 6.43 Å². The first kappa shape index (κ1) is 10.4. The van der Waals surface area contributed by atoms with Crippen molar-refractivity contribution in [2.24, 2.45) is 0 Å². The molecular formula is C9H9ClF2O. The fourth-order valence-corrected chi connectivity index (χ4v) is 1.27. The molecule has 0 saturated heterocycles.